The molecule has 1 aliphatic carbocycles. The molecule has 1 saturated carbocycles. The number of rotatable bonds is 6. The summed E-state index contributed by atoms with van der Waals surface area (Å²) in [6, 6.07) is 14.6. The summed E-state index contributed by atoms with van der Waals surface area (Å²) in [5.41, 5.74) is 0.925. The smallest absolute Gasteiger partial charge is 0.264 e. The molecule has 24 heavy (non-hydrogen) atoms. The number of nitrogens with one attached hydrogen (secondary N) is 1. The van der Waals surface area contributed by atoms with Crippen LogP contribution in [0, 0.1) is 0 Å². The predicted molar refractivity (Wildman–Crippen MR) is 94.0 cm³/mol. The summed E-state index contributed by atoms with van der Waals surface area (Å²) in [6.07, 6.45) is 2.70. The molecule has 0 atom stereocenters. The Hall–Kier alpha value is -2.06. The molecule has 128 valence electrons. The van der Waals surface area contributed by atoms with Crippen molar-refractivity contribution < 1.29 is 16.8 Å². The predicted octanol–water partition coefficient (Wildman–Crippen LogP) is 2.42. The van der Waals surface area contributed by atoms with Crippen molar-refractivity contribution >= 4 is 31.4 Å². The Labute approximate surface area is 142 Å². The van der Waals surface area contributed by atoms with E-state index in [1.807, 2.05) is 0 Å². The molecule has 1 N–H and O–H groups in total. The zero-order chi connectivity index (χ0) is 17.4. The van der Waals surface area contributed by atoms with Gasteiger partial charge in [-0.1, -0.05) is 18.2 Å². The molecule has 1 fully saturated rings. The molecule has 0 saturated heterocycles. The number of anilines is 2. The maximum atomic E-state index is 12.9. The van der Waals surface area contributed by atoms with Crippen molar-refractivity contribution in [2.24, 2.45) is 0 Å². The molecular formula is C16H18N2O4S2. The third-order valence-electron chi connectivity index (χ3n) is 3.60. The summed E-state index contributed by atoms with van der Waals surface area (Å²) in [7, 11) is -7.01. The second-order valence-electron chi connectivity index (χ2n) is 5.77. The van der Waals surface area contributed by atoms with E-state index in [1.54, 1.807) is 54.6 Å². The highest BCUT2D eigenvalue weighted by Gasteiger charge is 2.38. The second kappa shape index (κ2) is 6.10. The van der Waals surface area contributed by atoms with Gasteiger partial charge in [-0.3, -0.25) is 9.03 Å². The number of nitrogens with zero attached hydrogens (tertiary/aromatic N) is 1. The van der Waals surface area contributed by atoms with Crippen molar-refractivity contribution in [3.8, 4) is 0 Å². The lowest BCUT2D eigenvalue weighted by Gasteiger charge is -2.24. The Bertz CT molecular complexity index is 920. The van der Waals surface area contributed by atoms with Crippen molar-refractivity contribution in [3.63, 3.8) is 0 Å². The number of sulfonamides is 2. The summed E-state index contributed by atoms with van der Waals surface area (Å²) in [5.74, 6) is 0. The van der Waals surface area contributed by atoms with E-state index in [-0.39, 0.29) is 10.9 Å². The van der Waals surface area contributed by atoms with Crippen LogP contribution >= 0.6 is 0 Å². The zero-order valence-electron chi connectivity index (χ0n) is 13.1. The monoisotopic (exact) mass is 366 g/mol. The Morgan fingerprint density at radius 3 is 2.00 bits per heavy atom. The SMILES string of the molecule is CS(=O)(=O)Nc1ccc(N(C2CC2)S(=O)(=O)c2ccccc2)cc1. The summed E-state index contributed by atoms with van der Waals surface area (Å²) < 4.78 is 52.2. The Morgan fingerprint density at radius 2 is 1.50 bits per heavy atom. The van der Waals surface area contributed by atoms with Gasteiger partial charge in [0.25, 0.3) is 10.0 Å². The van der Waals surface area contributed by atoms with Crippen molar-refractivity contribution in [3.05, 3.63) is 54.6 Å². The minimum atomic E-state index is -3.64. The minimum absolute atomic E-state index is 0.0519. The number of hydrogen-bond donors (Lipinski definition) is 1. The fraction of sp³-hybridized carbons (Fsp3) is 0.250. The van der Waals surface area contributed by atoms with Crippen LogP contribution in [0.3, 0.4) is 0 Å². The molecule has 3 rings (SSSR count). The van der Waals surface area contributed by atoms with Gasteiger partial charge in [0.1, 0.15) is 0 Å². The molecule has 0 radical (unpaired) electrons. The zero-order valence-corrected chi connectivity index (χ0v) is 14.7. The first kappa shape index (κ1) is 16.8. The largest absolute Gasteiger partial charge is 0.284 e. The van der Waals surface area contributed by atoms with E-state index in [2.05, 4.69) is 4.72 Å². The minimum Gasteiger partial charge on any atom is -0.284 e. The van der Waals surface area contributed by atoms with Gasteiger partial charge < -0.3 is 0 Å². The van der Waals surface area contributed by atoms with Crippen LogP contribution in [0.15, 0.2) is 59.5 Å². The highest BCUT2D eigenvalue weighted by Crippen LogP contribution is 2.36. The Balaban J connectivity index is 1.95. The molecule has 0 bridgehead atoms. The van der Waals surface area contributed by atoms with Gasteiger partial charge in [-0.05, 0) is 49.2 Å². The Kier molecular flexibility index (Phi) is 4.27. The average molecular weight is 366 g/mol. The molecule has 0 heterocycles. The molecule has 6 nitrogen and oxygen atoms in total. The van der Waals surface area contributed by atoms with Gasteiger partial charge in [-0.25, -0.2) is 16.8 Å². The van der Waals surface area contributed by atoms with Gasteiger partial charge in [0.15, 0.2) is 0 Å². The highest BCUT2D eigenvalue weighted by molar-refractivity contribution is 7.93. The van der Waals surface area contributed by atoms with E-state index in [9.17, 15) is 16.8 Å². The van der Waals surface area contributed by atoms with Gasteiger partial charge in [0.05, 0.1) is 16.8 Å². The van der Waals surface area contributed by atoms with Crippen LogP contribution in [0.25, 0.3) is 0 Å². The van der Waals surface area contributed by atoms with Crippen LogP contribution in [-0.2, 0) is 20.0 Å². The van der Waals surface area contributed by atoms with E-state index in [0.29, 0.717) is 11.4 Å². The van der Waals surface area contributed by atoms with Gasteiger partial charge in [-0.2, -0.15) is 0 Å². The van der Waals surface area contributed by atoms with Crippen LogP contribution in [0.1, 0.15) is 12.8 Å². The van der Waals surface area contributed by atoms with E-state index >= 15 is 0 Å². The van der Waals surface area contributed by atoms with Gasteiger partial charge in [0, 0.05) is 11.7 Å². The van der Waals surface area contributed by atoms with Crippen LogP contribution < -0.4 is 9.03 Å². The average Bonchev–Trinajstić information content (AvgIpc) is 3.33. The fourth-order valence-corrected chi connectivity index (χ4v) is 4.75. The third-order valence-corrected chi connectivity index (χ3v) is 6.10. The maximum Gasteiger partial charge on any atom is 0.264 e. The lowest BCUT2D eigenvalue weighted by Crippen LogP contribution is -2.33. The van der Waals surface area contributed by atoms with E-state index < -0.39 is 20.0 Å². The van der Waals surface area contributed by atoms with Crippen molar-refractivity contribution in [2.75, 3.05) is 15.3 Å². The molecule has 0 aromatic heterocycles. The first-order valence-corrected chi connectivity index (χ1v) is 10.8. The topological polar surface area (TPSA) is 83.6 Å². The number of hydrogen-bond acceptors (Lipinski definition) is 4. The maximum absolute atomic E-state index is 12.9. The lowest BCUT2D eigenvalue weighted by atomic mass is 10.3. The fourth-order valence-electron chi connectivity index (χ4n) is 2.45. The normalized spacial score (nSPS) is 15.0. The van der Waals surface area contributed by atoms with E-state index in [0.717, 1.165) is 19.1 Å². The van der Waals surface area contributed by atoms with Gasteiger partial charge >= 0.3 is 0 Å². The molecule has 0 amide bonds. The summed E-state index contributed by atoms with van der Waals surface area (Å²) in [5, 5.41) is 0. The third kappa shape index (κ3) is 3.70. The Morgan fingerprint density at radius 1 is 0.917 bits per heavy atom. The lowest BCUT2D eigenvalue weighted by molar-refractivity contribution is 0.590. The molecule has 0 aliphatic heterocycles. The molecular weight excluding hydrogens is 348 g/mol. The summed E-state index contributed by atoms with van der Waals surface area (Å²) in [4.78, 5) is 0.246. The quantitative estimate of drug-likeness (QED) is 0.851. The first-order chi connectivity index (χ1) is 11.3. The molecule has 1 aliphatic rings. The van der Waals surface area contributed by atoms with Crippen LogP contribution in [0.4, 0.5) is 11.4 Å². The first-order valence-electron chi connectivity index (χ1n) is 7.45. The molecule has 8 heteroatoms. The molecule has 2 aromatic carbocycles. The molecule has 0 spiro atoms. The van der Waals surface area contributed by atoms with Crippen molar-refractivity contribution in [1.82, 2.24) is 0 Å². The molecule has 0 unspecified atom stereocenters. The highest BCUT2D eigenvalue weighted by atomic mass is 32.2. The standard InChI is InChI=1S/C16H18N2O4S2/c1-23(19,20)17-13-7-9-14(10-8-13)18(15-11-12-15)24(21,22)16-5-3-2-4-6-16/h2-10,15,17H,11-12H2,1H3. The second-order valence-corrected chi connectivity index (χ2v) is 9.33. The van der Waals surface area contributed by atoms with E-state index in [4.69, 9.17) is 0 Å². The number of benzene rings is 2. The van der Waals surface area contributed by atoms with Crippen molar-refractivity contribution in [2.45, 2.75) is 23.8 Å². The summed E-state index contributed by atoms with van der Waals surface area (Å²) >= 11 is 0. The van der Waals surface area contributed by atoms with Crippen LogP contribution in [0.5, 0.6) is 0 Å². The summed E-state index contributed by atoms with van der Waals surface area (Å²) in [6.45, 7) is 0. The van der Waals surface area contributed by atoms with Gasteiger partial charge in [-0.15, -0.1) is 0 Å². The van der Waals surface area contributed by atoms with E-state index in [1.165, 1.54) is 4.31 Å². The van der Waals surface area contributed by atoms with Gasteiger partial charge in [0.2, 0.25) is 10.0 Å². The van der Waals surface area contributed by atoms with Crippen molar-refractivity contribution in [1.29, 1.82) is 0 Å². The molecule has 2 aromatic rings. The van der Waals surface area contributed by atoms with Crippen LogP contribution in [-0.4, -0.2) is 29.1 Å². The van der Waals surface area contributed by atoms with Crippen LogP contribution in [0.2, 0.25) is 0 Å².